The normalized spacial score (nSPS) is 25.0. The minimum atomic E-state index is -0.349. The molecular formula is C19H39NO2. The Balaban J connectivity index is 1.80. The van der Waals surface area contributed by atoms with E-state index in [9.17, 15) is 5.11 Å². The fourth-order valence-corrected chi connectivity index (χ4v) is 3.57. The maximum Gasteiger partial charge on any atom is 0.0755 e. The maximum atomic E-state index is 10.0. The Hall–Kier alpha value is -0.120. The van der Waals surface area contributed by atoms with Gasteiger partial charge in [-0.15, -0.1) is 0 Å². The number of hydrogen-bond acceptors (Lipinski definition) is 3. The molecular weight excluding hydrogens is 274 g/mol. The minimum absolute atomic E-state index is 0.0517. The zero-order valence-corrected chi connectivity index (χ0v) is 14.7. The van der Waals surface area contributed by atoms with Crippen molar-refractivity contribution in [2.75, 3.05) is 13.2 Å². The van der Waals surface area contributed by atoms with Crippen LogP contribution in [0.3, 0.4) is 0 Å². The Bertz CT molecular complexity index is 248. The molecule has 0 aromatic rings. The van der Waals surface area contributed by atoms with Gasteiger partial charge in [0.2, 0.25) is 0 Å². The largest absolute Gasteiger partial charge is 0.395 e. The lowest BCUT2D eigenvalue weighted by atomic mass is 9.95. The molecule has 22 heavy (non-hydrogen) atoms. The summed E-state index contributed by atoms with van der Waals surface area (Å²) in [5.74, 6) is 0.347. The van der Waals surface area contributed by atoms with E-state index < -0.39 is 0 Å². The second-order valence-electron chi connectivity index (χ2n) is 7.13. The van der Waals surface area contributed by atoms with E-state index in [2.05, 4.69) is 12.2 Å². The fourth-order valence-electron chi connectivity index (χ4n) is 3.57. The highest BCUT2D eigenvalue weighted by Crippen LogP contribution is 2.21. The maximum absolute atomic E-state index is 10.0. The van der Waals surface area contributed by atoms with Crippen LogP contribution in [-0.2, 0) is 0 Å². The summed E-state index contributed by atoms with van der Waals surface area (Å²) in [6.07, 6.45) is 17.3. The molecule has 1 rings (SSSR count). The highest BCUT2D eigenvalue weighted by atomic mass is 16.3. The molecule has 1 fully saturated rings. The molecule has 0 amide bonds. The van der Waals surface area contributed by atoms with E-state index in [0.29, 0.717) is 5.92 Å². The number of aliphatic hydroxyl groups excluding tert-OH is 2. The summed E-state index contributed by atoms with van der Waals surface area (Å²) in [7, 11) is 0. The fraction of sp³-hybridized carbons (Fsp3) is 1.00. The van der Waals surface area contributed by atoms with Crippen molar-refractivity contribution in [3.05, 3.63) is 0 Å². The Morgan fingerprint density at radius 1 is 0.818 bits per heavy atom. The van der Waals surface area contributed by atoms with Gasteiger partial charge in [0.25, 0.3) is 0 Å². The van der Waals surface area contributed by atoms with Gasteiger partial charge >= 0.3 is 0 Å². The predicted octanol–water partition coefficient (Wildman–Crippen LogP) is 4.02. The number of unbranched alkanes of at least 4 members (excludes halogenated alkanes) is 11. The third kappa shape index (κ3) is 8.50. The molecule has 132 valence electrons. The molecule has 3 N–H and O–H groups in total. The first-order valence-electron chi connectivity index (χ1n) is 9.82. The zero-order chi connectivity index (χ0) is 16.0. The lowest BCUT2D eigenvalue weighted by molar-refractivity contribution is 0.0864. The van der Waals surface area contributed by atoms with Crippen LogP contribution >= 0.6 is 0 Å². The van der Waals surface area contributed by atoms with Crippen LogP contribution in [0.1, 0.15) is 90.4 Å². The van der Waals surface area contributed by atoms with Crippen LogP contribution in [0.15, 0.2) is 0 Å². The van der Waals surface area contributed by atoms with Crippen LogP contribution in [0.4, 0.5) is 0 Å². The van der Waals surface area contributed by atoms with Crippen molar-refractivity contribution in [1.82, 2.24) is 5.32 Å². The summed E-state index contributed by atoms with van der Waals surface area (Å²) in [6.45, 7) is 3.19. The van der Waals surface area contributed by atoms with Gasteiger partial charge in [0.05, 0.1) is 18.8 Å². The number of hydrogen-bond donors (Lipinski definition) is 3. The van der Waals surface area contributed by atoms with Gasteiger partial charge in [-0.25, -0.2) is 0 Å². The van der Waals surface area contributed by atoms with Crippen LogP contribution < -0.4 is 5.32 Å². The van der Waals surface area contributed by atoms with Crippen LogP contribution in [0.25, 0.3) is 0 Å². The number of nitrogens with one attached hydrogen (secondary N) is 1. The average molecular weight is 314 g/mol. The third-order valence-electron chi connectivity index (χ3n) is 5.16. The van der Waals surface area contributed by atoms with Gasteiger partial charge in [0, 0.05) is 6.54 Å². The molecule has 3 nitrogen and oxygen atoms in total. The lowest BCUT2D eigenvalue weighted by Gasteiger charge is -2.16. The van der Waals surface area contributed by atoms with E-state index >= 15 is 0 Å². The summed E-state index contributed by atoms with van der Waals surface area (Å²) in [5, 5.41) is 22.3. The second kappa shape index (κ2) is 13.3. The van der Waals surface area contributed by atoms with E-state index in [0.717, 1.165) is 13.0 Å². The van der Waals surface area contributed by atoms with Crippen molar-refractivity contribution >= 4 is 0 Å². The molecule has 0 aromatic carbocycles. The molecule has 3 heteroatoms. The summed E-state index contributed by atoms with van der Waals surface area (Å²) in [6, 6.07) is -0.0951. The molecule has 1 heterocycles. The van der Waals surface area contributed by atoms with Crippen molar-refractivity contribution in [3.8, 4) is 0 Å². The SMILES string of the molecule is CCCCCCCCCCCCCC[C@@H]1CN[C@@H](CO)[C@@H]1O. The molecule has 3 atom stereocenters. The van der Waals surface area contributed by atoms with Gasteiger partial charge in [-0.05, 0) is 12.3 Å². The summed E-state index contributed by atoms with van der Waals surface area (Å²) in [5.41, 5.74) is 0. The van der Waals surface area contributed by atoms with Crippen LogP contribution in [-0.4, -0.2) is 35.5 Å². The van der Waals surface area contributed by atoms with E-state index in [-0.39, 0.29) is 18.8 Å². The monoisotopic (exact) mass is 313 g/mol. The predicted molar refractivity (Wildman–Crippen MR) is 94.1 cm³/mol. The molecule has 0 saturated carbocycles. The Morgan fingerprint density at radius 2 is 1.32 bits per heavy atom. The van der Waals surface area contributed by atoms with Gasteiger partial charge in [-0.3, -0.25) is 0 Å². The first-order chi connectivity index (χ1) is 10.8. The second-order valence-corrected chi connectivity index (χ2v) is 7.13. The minimum Gasteiger partial charge on any atom is -0.395 e. The van der Waals surface area contributed by atoms with Crippen LogP contribution in [0.5, 0.6) is 0 Å². The van der Waals surface area contributed by atoms with E-state index in [4.69, 9.17) is 5.11 Å². The average Bonchev–Trinajstić information content (AvgIpc) is 2.88. The van der Waals surface area contributed by atoms with Gasteiger partial charge in [0.15, 0.2) is 0 Å². The number of rotatable bonds is 14. The van der Waals surface area contributed by atoms with E-state index in [1.165, 1.54) is 77.0 Å². The Labute approximate surface area is 137 Å². The highest BCUT2D eigenvalue weighted by molar-refractivity contribution is 4.89. The van der Waals surface area contributed by atoms with Gasteiger partial charge in [0.1, 0.15) is 0 Å². The summed E-state index contributed by atoms with van der Waals surface area (Å²) < 4.78 is 0. The molecule has 1 aliphatic rings. The zero-order valence-electron chi connectivity index (χ0n) is 14.7. The molecule has 1 saturated heterocycles. The van der Waals surface area contributed by atoms with Crippen LogP contribution in [0.2, 0.25) is 0 Å². The van der Waals surface area contributed by atoms with Crippen molar-refractivity contribution in [2.24, 2.45) is 5.92 Å². The lowest BCUT2D eigenvalue weighted by Crippen LogP contribution is -2.34. The van der Waals surface area contributed by atoms with Crippen molar-refractivity contribution in [1.29, 1.82) is 0 Å². The molecule has 0 bridgehead atoms. The van der Waals surface area contributed by atoms with Crippen molar-refractivity contribution < 1.29 is 10.2 Å². The van der Waals surface area contributed by atoms with Crippen molar-refractivity contribution in [2.45, 2.75) is 103 Å². The first-order valence-corrected chi connectivity index (χ1v) is 9.82. The van der Waals surface area contributed by atoms with Gasteiger partial charge in [-0.1, -0.05) is 84.0 Å². The molecule has 0 aromatic heterocycles. The Morgan fingerprint density at radius 3 is 1.77 bits per heavy atom. The molecule has 0 aliphatic carbocycles. The van der Waals surface area contributed by atoms with E-state index in [1.807, 2.05) is 0 Å². The summed E-state index contributed by atoms with van der Waals surface area (Å²) >= 11 is 0. The quantitative estimate of drug-likeness (QED) is 0.425. The van der Waals surface area contributed by atoms with E-state index in [1.54, 1.807) is 0 Å². The summed E-state index contributed by atoms with van der Waals surface area (Å²) in [4.78, 5) is 0. The van der Waals surface area contributed by atoms with Gasteiger partial charge < -0.3 is 15.5 Å². The highest BCUT2D eigenvalue weighted by Gasteiger charge is 2.32. The molecule has 0 radical (unpaired) electrons. The smallest absolute Gasteiger partial charge is 0.0755 e. The van der Waals surface area contributed by atoms with Crippen molar-refractivity contribution in [3.63, 3.8) is 0 Å². The van der Waals surface area contributed by atoms with Gasteiger partial charge in [-0.2, -0.15) is 0 Å². The molecule has 1 aliphatic heterocycles. The van der Waals surface area contributed by atoms with Crippen LogP contribution in [0, 0.1) is 5.92 Å². The Kier molecular flexibility index (Phi) is 12.1. The topological polar surface area (TPSA) is 52.5 Å². The molecule has 0 spiro atoms. The third-order valence-corrected chi connectivity index (χ3v) is 5.16. The standard InChI is InChI=1S/C19H39NO2/c1-2-3-4-5-6-7-8-9-10-11-12-13-14-17-15-20-18(16-21)19(17)22/h17-22H,2-16H2,1H3/t17-,18+,19-/m1/s1. The first kappa shape index (κ1) is 19.9. The number of aliphatic hydroxyl groups is 2. The molecule has 0 unspecified atom stereocenters.